The van der Waals surface area contributed by atoms with Crippen molar-refractivity contribution < 1.29 is 80.2 Å². The van der Waals surface area contributed by atoms with Crippen LogP contribution in [0.5, 0.6) is 0 Å². The first-order valence-electron chi connectivity index (χ1n) is 36.1. The van der Waals surface area contributed by atoms with E-state index in [2.05, 4.69) is 34.6 Å². The van der Waals surface area contributed by atoms with Gasteiger partial charge in [-0.25, -0.2) is 9.13 Å². The summed E-state index contributed by atoms with van der Waals surface area (Å²) in [5, 5.41) is 10.6. The summed E-state index contributed by atoms with van der Waals surface area (Å²) >= 11 is 0. The number of hydrogen-bond acceptors (Lipinski definition) is 15. The van der Waals surface area contributed by atoms with E-state index in [1.165, 1.54) is 173 Å². The molecular weight excluding hydrogens is 1160 g/mol. The van der Waals surface area contributed by atoms with E-state index in [4.69, 9.17) is 37.0 Å². The van der Waals surface area contributed by atoms with Crippen molar-refractivity contribution >= 4 is 39.5 Å². The Kier molecular flexibility index (Phi) is 61.1. The molecule has 0 aromatic carbocycles. The summed E-state index contributed by atoms with van der Waals surface area (Å²) in [6, 6.07) is 0. The monoisotopic (exact) mass is 1300 g/mol. The van der Waals surface area contributed by atoms with Crippen LogP contribution in [0.25, 0.3) is 0 Å². The van der Waals surface area contributed by atoms with Gasteiger partial charge in [-0.15, -0.1) is 0 Å². The van der Waals surface area contributed by atoms with Gasteiger partial charge in [0, 0.05) is 25.7 Å². The number of phosphoric ester groups is 2. The van der Waals surface area contributed by atoms with Crippen LogP contribution in [0.3, 0.4) is 0 Å². The smallest absolute Gasteiger partial charge is 0.462 e. The Hall–Kier alpha value is -1.94. The molecule has 88 heavy (non-hydrogen) atoms. The molecule has 0 aliphatic heterocycles. The van der Waals surface area contributed by atoms with Crippen molar-refractivity contribution in [3.63, 3.8) is 0 Å². The molecule has 17 nitrogen and oxygen atoms in total. The van der Waals surface area contributed by atoms with Crippen molar-refractivity contribution in [1.82, 2.24) is 0 Å². The van der Waals surface area contributed by atoms with Gasteiger partial charge in [0.05, 0.1) is 26.4 Å². The predicted octanol–water partition coefficient (Wildman–Crippen LogP) is 19.7. The maximum atomic E-state index is 13.0. The van der Waals surface area contributed by atoms with E-state index in [1.54, 1.807) is 0 Å². The highest BCUT2D eigenvalue weighted by atomic mass is 31.2. The number of carbonyl (C=O) groups is 4. The van der Waals surface area contributed by atoms with Crippen molar-refractivity contribution in [2.75, 3.05) is 39.6 Å². The highest BCUT2D eigenvalue weighted by Crippen LogP contribution is 2.45. The summed E-state index contributed by atoms with van der Waals surface area (Å²) in [6.45, 7) is 7.19. The quantitative estimate of drug-likeness (QED) is 0.0222. The van der Waals surface area contributed by atoms with Crippen LogP contribution in [0.4, 0.5) is 0 Å². The lowest BCUT2D eigenvalue weighted by molar-refractivity contribution is -0.161. The van der Waals surface area contributed by atoms with E-state index in [0.29, 0.717) is 25.7 Å². The molecule has 522 valence electrons. The van der Waals surface area contributed by atoms with Gasteiger partial charge in [0.2, 0.25) is 0 Å². The van der Waals surface area contributed by atoms with Gasteiger partial charge in [-0.1, -0.05) is 304 Å². The molecule has 0 heterocycles. The molecule has 0 saturated carbocycles. The van der Waals surface area contributed by atoms with Crippen molar-refractivity contribution in [2.24, 2.45) is 5.92 Å². The fourth-order valence-corrected chi connectivity index (χ4v) is 12.0. The maximum absolute atomic E-state index is 13.0. The minimum atomic E-state index is -4.95. The van der Waals surface area contributed by atoms with Crippen molar-refractivity contribution in [1.29, 1.82) is 0 Å². The molecule has 0 saturated heterocycles. The standard InChI is InChI=1S/C69H134O17P2/c1-6-9-12-15-18-21-23-24-25-26-27-28-29-30-34-40-45-50-55-69(74)86-65(59-80-67(72)53-48-43-38-35-31-32-36-41-46-51-62(4)5)61-84-88(77,78)82-57-63(70)56-81-87(75,76)83-60-64(58-79-66(71)52-47-42-37-20-17-14-11-8-3)85-68(73)54-49-44-39-33-22-19-16-13-10-7-2/h62-65,70H,6-61H2,1-5H3,(H,75,76)(H,77,78)/t63-,64+,65+/m0/s1. The Balaban J connectivity index is 5.19. The van der Waals surface area contributed by atoms with Crippen LogP contribution in [0.2, 0.25) is 0 Å². The highest BCUT2D eigenvalue weighted by molar-refractivity contribution is 7.47. The summed E-state index contributed by atoms with van der Waals surface area (Å²) in [4.78, 5) is 72.4. The summed E-state index contributed by atoms with van der Waals surface area (Å²) in [5.41, 5.74) is 0. The van der Waals surface area contributed by atoms with Gasteiger partial charge in [-0.05, 0) is 31.6 Å². The maximum Gasteiger partial charge on any atom is 0.472 e. The van der Waals surface area contributed by atoms with Gasteiger partial charge < -0.3 is 33.8 Å². The molecule has 5 atom stereocenters. The molecule has 0 radical (unpaired) electrons. The number of esters is 4. The highest BCUT2D eigenvalue weighted by Gasteiger charge is 2.30. The van der Waals surface area contributed by atoms with Crippen LogP contribution < -0.4 is 0 Å². The number of rotatable bonds is 69. The largest absolute Gasteiger partial charge is 0.472 e. The van der Waals surface area contributed by atoms with Gasteiger partial charge >= 0.3 is 39.5 Å². The number of ether oxygens (including phenoxy) is 4. The molecule has 0 bridgehead atoms. The van der Waals surface area contributed by atoms with Crippen LogP contribution >= 0.6 is 15.6 Å². The van der Waals surface area contributed by atoms with Gasteiger partial charge in [0.1, 0.15) is 19.3 Å². The van der Waals surface area contributed by atoms with Gasteiger partial charge in [-0.3, -0.25) is 37.3 Å². The molecule has 0 spiro atoms. The normalized spacial score (nSPS) is 14.1. The zero-order chi connectivity index (χ0) is 64.9. The van der Waals surface area contributed by atoms with Gasteiger partial charge in [0.15, 0.2) is 12.2 Å². The zero-order valence-corrected chi connectivity index (χ0v) is 58.6. The lowest BCUT2D eigenvalue weighted by atomic mass is 10.0. The molecule has 0 aliphatic rings. The third kappa shape index (κ3) is 62.8. The Labute approximate surface area is 537 Å². The van der Waals surface area contributed by atoms with Crippen LogP contribution in [-0.4, -0.2) is 96.7 Å². The molecule has 0 aromatic rings. The van der Waals surface area contributed by atoms with Gasteiger partial charge in [0.25, 0.3) is 0 Å². The Morgan fingerprint density at radius 3 is 0.773 bits per heavy atom. The molecule has 2 unspecified atom stereocenters. The Morgan fingerprint density at radius 1 is 0.307 bits per heavy atom. The molecule has 0 aliphatic carbocycles. The number of hydrogen-bond donors (Lipinski definition) is 3. The van der Waals surface area contributed by atoms with Crippen molar-refractivity contribution in [3.8, 4) is 0 Å². The first kappa shape index (κ1) is 86.1. The minimum Gasteiger partial charge on any atom is -0.462 e. The second-order valence-corrected chi connectivity index (χ2v) is 28.3. The number of phosphoric acid groups is 2. The van der Waals surface area contributed by atoms with Crippen LogP contribution in [0, 0.1) is 5.92 Å². The zero-order valence-electron chi connectivity index (χ0n) is 56.9. The number of carbonyl (C=O) groups excluding carboxylic acids is 4. The summed E-state index contributed by atoms with van der Waals surface area (Å²) < 4.78 is 68.1. The van der Waals surface area contributed by atoms with Crippen LogP contribution in [0.15, 0.2) is 0 Å². The number of aliphatic hydroxyl groups is 1. The molecular formula is C69H134O17P2. The summed E-state index contributed by atoms with van der Waals surface area (Å²) in [5.74, 6) is -1.38. The average Bonchev–Trinajstić information content (AvgIpc) is 3.58. The molecule has 3 N–H and O–H groups in total. The molecule has 0 fully saturated rings. The second kappa shape index (κ2) is 62.5. The lowest BCUT2D eigenvalue weighted by Gasteiger charge is -2.21. The van der Waals surface area contributed by atoms with E-state index in [9.17, 15) is 43.2 Å². The predicted molar refractivity (Wildman–Crippen MR) is 354 cm³/mol. The van der Waals surface area contributed by atoms with E-state index < -0.39 is 97.5 Å². The minimum absolute atomic E-state index is 0.106. The van der Waals surface area contributed by atoms with E-state index in [-0.39, 0.29) is 25.7 Å². The SMILES string of the molecule is CCCCCCCCCCCCCCCCCCCCC(=O)O[C@H](COC(=O)CCCCCCCCCCCC(C)C)COP(=O)(O)OC[C@@H](O)COP(=O)(O)OC[C@@H](COC(=O)CCCCCCCCCC)OC(=O)CCCCCCCCCCCC. The first-order chi connectivity index (χ1) is 42.5. The van der Waals surface area contributed by atoms with Crippen molar-refractivity contribution in [2.45, 2.75) is 374 Å². The third-order valence-corrected chi connectivity index (χ3v) is 17.9. The van der Waals surface area contributed by atoms with Crippen LogP contribution in [-0.2, 0) is 65.4 Å². The molecule has 0 aromatic heterocycles. The van der Waals surface area contributed by atoms with Gasteiger partial charge in [-0.2, -0.15) is 0 Å². The molecule has 0 rings (SSSR count). The Bertz CT molecular complexity index is 1700. The number of aliphatic hydroxyl groups excluding tert-OH is 1. The average molecular weight is 1300 g/mol. The fourth-order valence-electron chi connectivity index (χ4n) is 10.5. The summed E-state index contributed by atoms with van der Waals surface area (Å²) in [7, 11) is -9.89. The Morgan fingerprint density at radius 2 is 0.523 bits per heavy atom. The third-order valence-electron chi connectivity index (χ3n) is 16.0. The summed E-state index contributed by atoms with van der Waals surface area (Å²) in [6.07, 6.45) is 48.6. The molecule has 0 amide bonds. The van der Waals surface area contributed by atoms with E-state index >= 15 is 0 Å². The number of unbranched alkanes of at least 4 members (excludes halogenated alkanes) is 41. The van der Waals surface area contributed by atoms with Crippen LogP contribution in [0.1, 0.15) is 356 Å². The molecule has 19 heteroatoms. The second-order valence-electron chi connectivity index (χ2n) is 25.4. The first-order valence-corrected chi connectivity index (χ1v) is 39.1. The lowest BCUT2D eigenvalue weighted by Crippen LogP contribution is -2.30. The fraction of sp³-hybridized carbons (Fsp3) is 0.942. The van der Waals surface area contributed by atoms with E-state index in [0.717, 1.165) is 102 Å². The van der Waals surface area contributed by atoms with Crippen molar-refractivity contribution in [3.05, 3.63) is 0 Å². The topological polar surface area (TPSA) is 237 Å². The van der Waals surface area contributed by atoms with E-state index in [1.807, 2.05) is 0 Å².